The smallest absolute Gasteiger partial charge is 0.0458 e. The molecule has 1 atom stereocenters. The minimum absolute atomic E-state index is 0.307. The van der Waals surface area contributed by atoms with E-state index in [1.165, 1.54) is 104 Å². The number of anilines is 2. The summed E-state index contributed by atoms with van der Waals surface area (Å²) in [5.41, 5.74) is 16.0. The molecule has 1 unspecified atom stereocenters. The van der Waals surface area contributed by atoms with Crippen molar-refractivity contribution < 1.29 is 0 Å². The summed E-state index contributed by atoms with van der Waals surface area (Å²) in [4.78, 5) is 2.46. The average Bonchev–Trinajstić information content (AvgIpc) is 3.39. The Morgan fingerprint density at radius 1 is 0.318 bits per heavy atom. The predicted octanol–water partition coefficient (Wildman–Crippen LogP) is 18.1. The maximum atomic E-state index is 2.46. The lowest BCUT2D eigenvalue weighted by molar-refractivity contribution is 0.716. The summed E-state index contributed by atoms with van der Waals surface area (Å²) in [7, 11) is 0. The largest absolute Gasteiger partial charge is 0.314 e. The van der Waals surface area contributed by atoms with E-state index in [2.05, 4.69) is 261 Å². The Kier molecular flexibility index (Phi) is 9.95. The molecule has 312 valence electrons. The van der Waals surface area contributed by atoms with Crippen LogP contribution in [0.15, 0.2) is 254 Å². The van der Waals surface area contributed by atoms with Crippen LogP contribution in [0, 0.1) is 5.92 Å². The van der Waals surface area contributed by atoms with Gasteiger partial charge in [-0.1, -0.05) is 207 Å². The van der Waals surface area contributed by atoms with Crippen molar-refractivity contribution >= 4 is 60.0 Å². The zero-order chi connectivity index (χ0) is 44.0. The summed E-state index contributed by atoms with van der Waals surface area (Å²) in [6, 6.07) is 86.9. The fourth-order valence-electron chi connectivity index (χ4n) is 10.2. The van der Waals surface area contributed by atoms with Crippen LogP contribution in [0.4, 0.5) is 11.4 Å². The van der Waals surface area contributed by atoms with E-state index in [9.17, 15) is 0 Å². The third-order valence-electron chi connectivity index (χ3n) is 13.7. The van der Waals surface area contributed by atoms with Crippen molar-refractivity contribution in [2.45, 2.75) is 13.3 Å². The number of hydrogen-bond acceptors (Lipinski definition) is 1. The average molecular weight is 842 g/mol. The van der Waals surface area contributed by atoms with Crippen LogP contribution in [-0.4, -0.2) is 0 Å². The van der Waals surface area contributed by atoms with Gasteiger partial charge in [-0.3, -0.25) is 0 Å². The van der Waals surface area contributed by atoms with Crippen molar-refractivity contribution in [3.05, 3.63) is 260 Å². The summed E-state index contributed by atoms with van der Waals surface area (Å²) in [5, 5.41) is 10.2. The highest BCUT2D eigenvalue weighted by Crippen LogP contribution is 2.42. The second-order valence-electron chi connectivity index (χ2n) is 17.8. The van der Waals surface area contributed by atoms with Gasteiger partial charge in [-0.15, -0.1) is 0 Å². The van der Waals surface area contributed by atoms with Gasteiger partial charge in [0.05, 0.1) is 0 Å². The molecule has 0 fully saturated rings. The van der Waals surface area contributed by atoms with Crippen LogP contribution in [0.5, 0.6) is 0 Å². The van der Waals surface area contributed by atoms with Crippen LogP contribution >= 0.6 is 0 Å². The maximum absolute atomic E-state index is 2.46. The quantitative estimate of drug-likeness (QED) is 0.138. The third kappa shape index (κ3) is 7.35. The van der Waals surface area contributed by atoms with Gasteiger partial charge in [-0.05, 0) is 160 Å². The van der Waals surface area contributed by atoms with Crippen LogP contribution in [0.3, 0.4) is 0 Å². The topological polar surface area (TPSA) is 3.24 Å². The second kappa shape index (κ2) is 16.7. The number of benzene rings is 11. The Balaban J connectivity index is 0.891. The highest BCUT2D eigenvalue weighted by Gasteiger charge is 2.24. The molecular formula is C65H47N. The van der Waals surface area contributed by atoms with Gasteiger partial charge in [-0.2, -0.15) is 0 Å². The fourth-order valence-corrected chi connectivity index (χ4v) is 10.2. The predicted molar refractivity (Wildman–Crippen MR) is 283 cm³/mol. The van der Waals surface area contributed by atoms with Gasteiger partial charge in [0.15, 0.2) is 0 Å². The third-order valence-corrected chi connectivity index (χ3v) is 13.7. The van der Waals surface area contributed by atoms with Crippen LogP contribution in [0.2, 0.25) is 0 Å². The standard InChI is InChI=1S/C65H47N/c1-44-40-60(37-39-61(44)63-18-9-19-64-62-17-7-6-12-51(62)32-38-65(63)64)66(58-33-28-48(29-34-58)47-20-22-49(23-21-47)56-26-24-45-10-2-4-13-52(45)42-56)59-35-30-50(31-36-59)54-15-8-16-55(41-54)57-27-25-46-11-3-5-14-53(46)43-57/h2-39,41-44H,40H2,1H3. The summed E-state index contributed by atoms with van der Waals surface area (Å²) < 4.78 is 0. The molecule has 0 saturated carbocycles. The van der Waals surface area contributed by atoms with Crippen LogP contribution in [0.25, 0.3) is 93.2 Å². The summed E-state index contributed by atoms with van der Waals surface area (Å²) in [6.45, 7) is 2.38. The number of fused-ring (bicyclic) bond motifs is 5. The van der Waals surface area contributed by atoms with E-state index in [1.807, 2.05) is 0 Å². The van der Waals surface area contributed by atoms with E-state index < -0.39 is 0 Å². The van der Waals surface area contributed by atoms with Crippen molar-refractivity contribution in [1.29, 1.82) is 0 Å². The molecule has 0 N–H and O–H groups in total. The minimum atomic E-state index is 0.307. The molecule has 11 aromatic rings. The Hall–Kier alpha value is -8.26. The molecule has 1 aliphatic carbocycles. The van der Waals surface area contributed by atoms with Crippen LogP contribution in [0.1, 0.15) is 18.9 Å². The first-order chi connectivity index (χ1) is 32.6. The Bertz CT molecular complexity index is 3670. The van der Waals surface area contributed by atoms with Crippen molar-refractivity contribution in [2.75, 3.05) is 4.90 Å². The van der Waals surface area contributed by atoms with Crippen LogP contribution in [-0.2, 0) is 0 Å². The fraction of sp³-hybridized carbons (Fsp3) is 0.0462. The highest BCUT2D eigenvalue weighted by atomic mass is 15.1. The second-order valence-corrected chi connectivity index (χ2v) is 17.8. The molecule has 0 saturated heterocycles. The van der Waals surface area contributed by atoms with Gasteiger partial charge in [0.25, 0.3) is 0 Å². The van der Waals surface area contributed by atoms with E-state index in [1.54, 1.807) is 0 Å². The summed E-state index contributed by atoms with van der Waals surface area (Å²) >= 11 is 0. The molecule has 0 bridgehead atoms. The molecule has 0 amide bonds. The Morgan fingerprint density at radius 3 is 1.36 bits per heavy atom. The molecule has 0 aliphatic heterocycles. The van der Waals surface area contributed by atoms with E-state index in [4.69, 9.17) is 0 Å². The van der Waals surface area contributed by atoms with E-state index in [0.717, 1.165) is 17.8 Å². The Labute approximate surface area is 386 Å². The van der Waals surface area contributed by atoms with Gasteiger partial charge in [-0.25, -0.2) is 0 Å². The van der Waals surface area contributed by atoms with Crippen molar-refractivity contribution in [3.8, 4) is 44.5 Å². The zero-order valence-electron chi connectivity index (χ0n) is 36.9. The molecule has 11 aromatic carbocycles. The summed E-state index contributed by atoms with van der Waals surface area (Å²) in [5.74, 6) is 0.307. The van der Waals surface area contributed by atoms with E-state index in [-0.39, 0.29) is 0 Å². The van der Waals surface area contributed by atoms with Crippen molar-refractivity contribution in [2.24, 2.45) is 5.92 Å². The van der Waals surface area contributed by atoms with Gasteiger partial charge in [0.1, 0.15) is 0 Å². The maximum Gasteiger partial charge on any atom is 0.0458 e. The SMILES string of the molecule is CC1CC(N(c2ccc(-c3ccc(-c4ccc5ccccc5c4)cc3)cc2)c2ccc(-c3cccc(-c4ccc5ccccc5c4)c3)cc2)=CC=C1c1cccc2c1ccc1ccccc12. The summed E-state index contributed by atoms with van der Waals surface area (Å²) in [6.07, 6.45) is 5.64. The number of hydrogen-bond donors (Lipinski definition) is 0. The highest BCUT2D eigenvalue weighted by molar-refractivity contribution is 6.11. The lowest BCUT2D eigenvalue weighted by Crippen LogP contribution is -2.20. The molecule has 1 heteroatoms. The van der Waals surface area contributed by atoms with Crippen molar-refractivity contribution in [1.82, 2.24) is 0 Å². The molecule has 12 rings (SSSR count). The molecule has 0 spiro atoms. The molecule has 1 aliphatic rings. The molecule has 1 nitrogen and oxygen atoms in total. The first-order valence-corrected chi connectivity index (χ1v) is 23.1. The van der Waals surface area contributed by atoms with Gasteiger partial charge < -0.3 is 4.90 Å². The van der Waals surface area contributed by atoms with E-state index in [0.29, 0.717) is 5.92 Å². The molecule has 0 radical (unpaired) electrons. The van der Waals surface area contributed by atoms with Gasteiger partial charge >= 0.3 is 0 Å². The molecule has 0 heterocycles. The zero-order valence-corrected chi connectivity index (χ0v) is 36.9. The number of nitrogens with zero attached hydrogens (tertiary/aromatic N) is 1. The first-order valence-electron chi connectivity index (χ1n) is 23.1. The number of rotatable bonds is 8. The lowest BCUT2D eigenvalue weighted by Gasteiger charge is -2.33. The lowest BCUT2D eigenvalue weighted by atomic mass is 9.83. The monoisotopic (exact) mass is 841 g/mol. The molecule has 66 heavy (non-hydrogen) atoms. The van der Waals surface area contributed by atoms with Gasteiger partial charge in [0, 0.05) is 17.1 Å². The number of allylic oxidation sites excluding steroid dienone is 4. The molecular weight excluding hydrogens is 795 g/mol. The first kappa shape index (κ1) is 39.3. The minimum Gasteiger partial charge on any atom is -0.314 e. The van der Waals surface area contributed by atoms with Gasteiger partial charge in [0.2, 0.25) is 0 Å². The van der Waals surface area contributed by atoms with Crippen molar-refractivity contribution in [3.63, 3.8) is 0 Å². The van der Waals surface area contributed by atoms with Crippen LogP contribution < -0.4 is 4.90 Å². The van der Waals surface area contributed by atoms with E-state index >= 15 is 0 Å². The Morgan fingerprint density at radius 2 is 0.758 bits per heavy atom. The normalized spacial score (nSPS) is 13.8. The molecule has 0 aromatic heterocycles.